The van der Waals surface area contributed by atoms with Gasteiger partial charge in [0.25, 0.3) is 0 Å². The zero-order valence-corrected chi connectivity index (χ0v) is 16.3. The third kappa shape index (κ3) is 3.72. The monoisotopic (exact) mass is 391 g/mol. The Balaban J connectivity index is 1.80. The lowest BCUT2D eigenvalue weighted by Gasteiger charge is -2.15. The standard InChI is InChI=1S/C21H17N3OS2/c1-15(25)19(16-9-4-2-5-10-16)27-21-23-22-20(18-13-8-14-26-18)24(21)17-11-6-3-7-12-17/h2-14,19H,1H3. The average Bonchev–Trinajstić information content (AvgIpc) is 3.37. The summed E-state index contributed by atoms with van der Waals surface area (Å²) in [5.41, 5.74) is 1.94. The second-order valence-corrected chi connectivity index (χ2v) is 7.99. The zero-order valence-electron chi connectivity index (χ0n) is 14.6. The summed E-state index contributed by atoms with van der Waals surface area (Å²) in [5, 5.41) is 11.3. The number of benzene rings is 2. The van der Waals surface area contributed by atoms with E-state index in [1.807, 2.05) is 82.7 Å². The molecule has 0 N–H and O–H groups in total. The molecule has 0 spiro atoms. The molecular formula is C21H17N3OS2. The number of Topliss-reactive ketones (excluding diaryl/α,β-unsaturated/α-hetero) is 1. The van der Waals surface area contributed by atoms with Crippen molar-refractivity contribution in [1.29, 1.82) is 0 Å². The molecule has 0 amide bonds. The molecule has 6 heteroatoms. The molecule has 0 saturated heterocycles. The van der Waals surface area contributed by atoms with Crippen molar-refractivity contribution in [3.05, 3.63) is 83.7 Å². The van der Waals surface area contributed by atoms with Crippen LogP contribution >= 0.6 is 23.1 Å². The quantitative estimate of drug-likeness (QED) is 0.412. The van der Waals surface area contributed by atoms with Crippen LogP contribution in [-0.4, -0.2) is 20.5 Å². The van der Waals surface area contributed by atoms with Crippen LogP contribution in [0.2, 0.25) is 0 Å². The second kappa shape index (κ2) is 7.90. The maximum Gasteiger partial charge on any atom is 0.197 e. The molecule has 0 aliphatic carbocycles. The Bertz CT molecular complexity index is 1030. The first-order valence-electron chi connectivity index (χ1n) is 8.51. The highest BCUT2D eigenvalue weighted by molar-refractivity contribution is 8.00. The van der Waals surface area contributed by atoms with E-state index in [2.05, 4.69) is 10.2 Å². The summed E-state index contributed by atoms with van der Waals surface area (Å²) in [4.78, 5) is 13.4. The fourth-order valence-electron chi connectivity index (χ4n) is 2.84. The van der Waals surface area contributed by atoms with E-state index in [-0.39, 0.29) is 11.0 Å². The van der Waals surface area contributed by atoms with Gasteiger partial charge in [-0.3, -0.25) is 9.36 Å². The van der Waals surface area contributed by atoms with Crippen molar-refractivity contribution in [2.45, 2.75) is 17.3 Å². The number of carbonyl (C=O) groups is 1. The summed E-state index contributed by atoms with van der Waals surface area (Å²) in [7, 11) is 0. The highest BCUT2D eigenvalue weighted by atomic mass is 32.2. The van der Waals surface area contributed by atoms with E-state index < -0.39 is 0 Å². The van der Waals surface area contributed by atoms with Gasteiger partial charge in [0.05, 0.1) is 10.1 Å². The fourth-order valence-corrected chi connectivity index (χ4v) is 4.59. The molecular weight excluding hydrogens is 374 g/mol. The minimum atomic E-state index is -0.325. The molecule has 1 unspecified atom stereocenters. The number of thioether (sulfide) groups is 1. The topological polar surface area (TPSA) is 47.8 Å². The number of ketones is 1. The van der Waals surface area contributed by atoms with Gasteiger partial charge in [-0.1, -0.05) is 66.4 Å². The van der Waals surface area contributed by atoms with Crippen molar-refractivity contribution in [2.75, 3.05) is 0 Å². The molecule has 4 rings (SSSR count). The van der Waals surface area contributed by atoms with E-state index >= 15 is 0 Å². The van der Waals surface area contributed by atoms with Crippen molar-refractivity contribution in [3.63, 3.8) is 0 Å². The van der Waals surface area contributed by atoms with Gasteiger partial charge < -0.3 is 0 Å². The first-order chi connectivity index (χ1) is 13.2. The van der Waals surface area contributed by atoms with Crippen molar-refractivity contribution in [3.8, 4) is 16.4 Å². The van der Waals surface area contributed by atoms with Crippen LogP contribution in [0.1, 0.15) is 17.7 Å². The van der Waals surface area contributed by atoms with Gasteiger partial charge in [0.15, 0.2) is 11.0 Å². The molecule has 0 fully saturated rings. The van der Waals surface area contributed by atoms with Gasteiger partial charge in [-0.15, -0.1) is 21.5 Å². The lowest BCUT2D eigenvalue weighted by Crippen LogP contribution is -2.07. The van der Waals surface area contributed by atoms with E-state index in [1.165, 1.54) is 11.8 Å². The first-order valence-corrected chi connectivity index (χ1v) is 10.3. The van der Waals surface area contributed by atoms with Gasteiger partial charge in [0.1, 0.15) is 5.78 Å². The average molecular weight is 392 g/mol. The number of para-hydroxylation sites is 1. The summed E-state index contributed by atoms with van der Waals surface area (Å²) in [6, 6.07) is 23.8. The molecule has 0 aliphatic rings. The predicted octanol–water partition coefficient (Wildman–Crippen LogP) is 5.42. The zero-order chi connectivity index (χ0) is 18.6. The maximum atomic E-state index is 12.4. The van der Waals surface area contributed by atoms with Crippen LogP contribution in [0.4, 0.5) is 0 Å². The summed E-state index contributed by atoms with van der Waals surface area (Å²) in [5.74, 6) is 0.876. The van der Waals surface area contributed by atoms with Gasteiger partial charge in [0, 0.05) is 5.69 Å². The smallest absolute Gasteiger partial charge is 0.197 e. The molecule has 0 bridgehead atoms. The van der Waals surface area contributed by atoms with Gasteiger partial charge in [-0.05, 0) is 36.1 Å². The van der Waals surface area contributed by atoms with Crippen LogP contribution < -0.4 is 0 Å². The van der Waals surface area contributed by atoms with Crippen LogP contribution in [-0.2, 0) is 4.79 Å². The van der Waals surface area contributed by atoms with Gasteiger partial charge >= 0.3 is 0 Å². The molecule has 2 aromatic heterocycles. The minimum Gasteiger partial charge on any atom is -0.298 e. The Hall–Kier alpha value is -2.70. The van der Waals surface area contributed by atoms with Crippen LogP contribution in [0.25, 0.3) is 16.4 Å². The number of rotatable bonds is 6. The number of nitrogens with zero attached hydrogens (tertiary/aromatic N) is 3. The third-order valence-electron chi connectivity index (χ3n) is 4.08. The third-order valence-corrected chi connectivity index (χ3v) is 6.26. The Kier molecular flexibility index (Phi) is 5.18. The van der Waals surface area contributed by atoms with Crippen LogP contribution in [0.15, 0.2) is 83.3 Å². The maximum absolute atomic E-state index is 12.4. The van der Waals surface area contributed by atoms with Gasteiger partial charge in [-0.2, -0.15) is 0 Å². The molecule has 2 heterocycles. The second-order valence-electron chi connectivity index (χ2n) is 5.97. The Morgan fingerprint density at radius 2 is 1.67 bits per heavy atom. The van der Waals surface area contributed by atoms with Crippen molar-refractivity contribution in [2.24, 2.45) is 0 Å². The number of thiophene rings is 1. The summed E-state index contributed by atoms with van der Waals surface area (Å²) in [6.07, 6.45) is 0. The van der Waals surface area contributed by atoms with Crippen molar-refractivity contribution in [1.82, 2.24) is 14.8 Å². The normalized spacial score (nSPS) is 12.0. The van der Waals surface area contributed by atoms with E-state index in [0.717, 1.165) is 22.0 Å². The molecule has 1 atom stereocenters. The first kappa shape index (κ1) is 17.7. The SMILES string of the molecule is CC(=O)C(Sc1nnc(-c2cccs2)n1-c1ccccc1)c1ccccc1. The summed E-state index contributed by atoms with van der Waals surface area (Å²) >= 11 is 3.05. The Labute approximate surface area is 165 Å². The van der Waals surface area contributed by atoms with Crippen LogP contribution in [0.5, 0.6) is 0 Å². The molecule has 134 valence electrons. The molecule has 0 radical (unpaired) electrons. The molecule has 0 saturated carbocycles. The lowest BCUT2D eigenvalue weighted by atomic mass is 10.1. The summed E-state index contributed by atoms with van der Waals surface area (Å²) in [6.45, 7) is 1.62. The molecule has 0 aliphatic heterocycles. The molecule has 4 aromatic rings. The van der Waals surface area contributed by atoms with Gasteiger partial charge in [0.2, 0.25) is 0 Å². The summed E-state index contributed by atoms with van der Waals surface area (Å²) < 4.78 is 2.02. The van der Waals surface area contributed by atoms with E-state index in [1.54, 1.807) is 18.3 Å². The van der Waals surface area contributed by atoms with E-state index in [9.17, 15) is 4.79 Å². The van der Waals surface area contributed by atoms with Gasteiger partial charge in [-0.25, -0.2) is 0 Å². The van der Waals surface area contributed by atoms with Crippen LogP contribution in [0, 0.1) is 0 Å². The molecule has 4 nitrogen and oxygen atoms in total. The Morgan fingerprint density at radius 1 is 0.963 bits per heavy atom. The number of hydrogen-bond acceptors (Lipinski definition) is 5. The number of hydrogen-bond donors (Lipinski definition) is 0. The van der Waals surface area contributed by atoms with E-state index in [0.29, 0.717) is 5.16 Å². The van der Waals surface area contributed by atoms with Crippen LogP contribution in [0.3, 0.4) is 0 Å². The lowest BCUT2D eigenvalue weighted by molar-refractivity contribution is -0.116. The Morgan fingerprint density at radius 3 is 2.30 bits per heavy atom. The highest BCUT2D eigenvalue weighted by Crippen LogP contribution is 2.38. The fraction of sp³-hybridized carbons (Fsp3) is 0.0952. The number of carbonyl (C=O) groups excluding carboxylic acids is 1. The largest absolute Gasteiger partial charge is 0.298 e. The molecule has 2 aromatic carbocycles. The highest BCUT2D eigenvalue weighted by Gasteiger charge is 2.24. The number of aromatic nitrogens is 3. The van der Waals surface area contributed by atoms with Crippen molar-refractivity contribution >= 4 is 28.9 Å². The molecule has 27 heavy (non-hydrogen) atoms. The van der Waals surface area contributed by atoms with E-state index in [4.69, 9.17) is 0 Å². The van der Waals surface area contributed by atoms with Crippen molar-refractivity contribution < 1.29 is 4.79 Å². The minimum absolute atomic E-state index is 0.0893. The predicted molar refractivity (Wildman–Crippen MR) is 110 cm³/mol.